The van der Waals surface area contributed by atoms with Gasteiger partial charge in [-0.3, -0.25) is 9.59 Å². The van der Waals surface area contributed by atoms with Crippen LogP contribution in [0.5, 0.6) is 0 Å². The molecule has 1 fully saturated rings. The molecular formula is C21H21N3O4S. The molecule has 0 saturated carbocycles. The first-order chi connectivity index (χ1) is 13.8. The minimum absolute atomic E-state index is 0.0330. The molecule has 0 spiro atoms. The second kappa shape index (κ2) is 7.44. The Morgan fingerprint density at radius 2 is 1.90 bits per heavy atom. The van der Waals surface area contributed by atoms with E-state index >= 15 is 0 Å². The number of likely N-dealkylation sites (N-methyl/N-ethyl adjacent to an activating group) is 1. The zero-order valence-corrected chi connectivity index (χ0v) is 16.8. The first-order valence-corrected chi connectivity index (χ1v) is 11.2. The van der Waals surface area contributed by atoms with E-state index in [2.05, 4.69) is 5.10 Å². The molecule has 1 aliphatic rings. The molecule has 1 aliphatic heterocycles. The van der Waals surface area contributed by atoms with Crippen LogP contribution < -0.4 is 5.56 Å². The summed E-state index contributed by atoms with van der Waals surface area (Å²) in [6, 6.07) is 16.5. The van der Waals surface area contributed by atoms with Crippen LogP contribution in [0.1, 0.15) is 6.42 Å². The van der Waals surface area contributed by atoms with Crippen molar-refractivity contribution in [2.24, 2.45) is 0 Å². The van der Waals surface area contributed by atoms with Crippen molar-refractivity contribution in [3.8, 4) is 11.3 Å². The number of hydrogen-bond donors (Lipinski definition) is 0. The highest BCUT2D eigenvalue weighted by Crippen LogP contribution is 2.22. The molecule has 29 heavy (non-hydrogen) atoms. The summed E-state index contributed by atoms with van der Waals surface area (Å²) in [6.45, 7) is -0.229. The topological polar surface area (TPSA) is 89.3 Å². The van der Waals surface area contributed by atoms with Crippen molar-refractivity contribution in [2.45, 2.75) is 19.0 Å². The molecule has 0 radical (unpaired) electrons. The molecule has 0 N–H and O–H groups in total. The lowest BCUT2D eigenvalue weighted by molar-refractivity contribution is -0.132. The van der Waals surface area contributed by atoms with Crippen LogP contribution in [0.25, 0.3) is 22.0 Å². The summed E-state index contributed by atoms with van der Waals surface area (Å²) in [6.07, 6.45) is 0.421. The van der Waals surface area contributed by atoms with Crippen LogP contribution in [0.2, 0.25) is 0 Å². The van der Waals surface area contributed by atoms with Crippen LogP contribution in [0.3, 0.4) is 0 Å². The van der Waals surface area contributed by atoms with Gasteiger partial charge in [0.15, 0.2) is 9.84 Å². The maximum atomic E-state index is 12.6. The van der Waals surface area contributed by atoms with Gasteiger partial charge in [-0.1, -0.05) is 36.4 Å². The Morgan fingerprint density at radius 1 is 1.14 bits per heavy atom. The molecule has 3 aromatic rings. The number of fused-ring (bicyclic) bond motifs is 1. The zero-order chi connectivity index (χ0) is 20.6. The van der Waals surface area contributed by atoms with E-state index in [1.54, 1.807) is 13.1 Å². The van der Waals surface area contributed by atoms with Crippen LogP contribution in [-0.4, -0.2) is 53.6 Å². The van der Waals surface area contributed by atoms with Gasteiger partial charge in [-0.2, -0.15) is 5.10 Å². The lowest BCUT2D eigenvalue weighted by atomic mass is 10.1. The Hall–Kier alpha value is -3.00. The van der Waals surface area contributed by atoms with Crippen molar-refractivity contribution in [2.75, 3.05) is 18.6 Å². The highest BCUT2D eigenvalue weighted by atomic mass is 32.2. The maximum absolute atomic E-state index is 12.6. The molecule has 1 atom stereocenters. The predicted molar refractivity (Wildman–Crippen MR) is 111 cm³/mol. The van der Waals surface area contributed by atoms with Crippen LogP contribution in [0.4, 0.5) is 0 Å². The Bertz CT molecular complexity index is 1250. The smallest absolute Gasteiger partial charge is 0.267 e. The van der Waals surface area contributed by atoms with E-state index < -0.39 is 9.84 Å². The first kappa shape index (κ1) is 19.3. The normalized spacial score (nSPS) is 18.0. The van der Waals surface area contributed by atoms with E-state index in [0.29, 0.717) is 12.1 Å². The monoisotopic (exact) mass is 411 g/mol. The van der Waals surface area contributed by atoms with Gasteiger partial charge in [0.2, 0.25) is 5.91 Å². The SMILES string of the molecule is CN(C(=O)Cn1nc(-c2ccc3ccccc3c2)ccc1=O)[C@H]1CCS(=O)(=O)C1. The summed E-state index contributed by atoms with van der Waals surface area (Å²) in [5, 5.41) is 6.53. The number of benzene rings is 2. The fourth-order valence-corrected chi connectivity index (χ4v) is 5.36. The Balaban J connectivity index is 1.58. The molecule has 1 aromatic heterocycles. The second-order valence-electron chi connectivity index (χ2n) is 7.34. The van der Waals surface area contributed by atoms with Crippen molar-refractivity contribution in [3.05, 3.63) is 65.0 Å². The third-order valence-corrected chi connectivity index (χ3v) is 7.10. The van der Waals surface area contributed by atoms with Gasteiger partial charge in [-0.05, 0) is 29.3 Å². The molecule has 1 saturated heterocycles. The predicted octanol–water partition coefficient (Wildman–Crippen LogP) is 1.71. The average molecular weight is 411 g/mol. The number of rotatable bonds is 4. The standard InChI is InChI=1S/C21H21N3O4S/c1-23(18-10-11-29(27,28)14-18)21(26)13-24-20(25)9-8-19(22-24)17-7-6-15-4-2-3-5-16(15)12-17/h2-9,12,18H,10-11,13-14H2,1H3/t18-/m0/s1. The number of nitrogens with zero attached hydrogens (tertiary/aromatic N) is 3. The van der Waals surface area contributed by atoms with E-state index in [1.807, 2.05) is 42.5 Å². The number of amides is 1. The minimum atomic E-state index is -3.09. The zero-order valence-electron chi connectivity index (χ0n) is 16.0. The highest BCUT2D eigenvalue weighted by molar-refractivity contribution is 7.91. The first-order valence-electron chi connectivity index (χ1n) is 9.36. The highest BCUT2D eigenvalue weighted by Gasteiger charge is 2.32. The molecule has 0 bridgehead atoms. The van der Waals surface area contributed by atoms with E-state index in [-0.39, 0.29) is 35.6 Å². The van der Waals surface area contributed by atoms with Gasteiger partial charge in [-0.15, -0.1) is 0 Å². The van der Waals surface area contributed by atoms with Gasteiger partial charge in [0.1, 0.15) is 6.54 Å². The number of carbonyl (C=O) groups excluding carboxylic acids is 1. The Morgan fingerprint density at radius 3 is 2.62 bits per heavy atom. The molecule has 2 heterocycles. The third-order valence-electron chi connectivity index (χ3n) is 5.35. The molecule has 0 unspecified atom stereocenters. The second-order valence-corrected chi connectivity index (χ2v) is 9.57. The summed E-state index contributed by atoms with van der Waals surface area (Å²) >= 11 is 0. The van der Waals surface area contributed by atoms with E-state index in [9.17, 15) is 18.0 Å². The number of sulfone groups is 1. The summed E-state index contributed by atoms with van der Waals surface area (Å²) in [5.74, 6) is -0.281. The van der Waals surface area contributed by atoms with Gasteiger partial charge in [0.05, 0.1) is 17.2 Å². The Labute approximate surface area is 168 Å². The van der Waals surface area contributed by atoms with Gasteiger partial charge < -0.3 is 4.90 Å². The van der Waals surface area contributed by atoms with E-state index in [4.69, 9.17) is 0 Å². The van der Waals surface area contributed by atoms with Crippen molar-refractivity contribution in [1.82, 2.24) is 14.7 Å². The fraction of sp³-hybridized carbons (Fsp3) is 0.286. The van der Waals surface area contributed by atoms with Gasteiger partial charge >= 0.3 is 0 Å². The van der Waals surface area contributed by atoms with Crippen LogP contribution in [-0.2, 0) is 21.2 Å². The molecule has 2 aromatic carbocycles. The van der Waals surface area contributed by atoms with Gasteiger partial charge in [0.25, 0.3) is 5.56 Å². The summed E-state index contributed by atoms with van der Waals surface area (Å²) in [4.78, 5) is 26.3. The fourth-order valence-electron chi connectivity index (χ4n) is 3.59. The van der Waals surface area contributed by atoms with Crippen molar-refractivity contribution >= 4 is 26.5 Å². The number of aromatic nitrogens is 2. The van der Waals surface area contributed by atoms with Crippen molar-refractivity contribution in [3.63, 3.8) is 0 Å². The molecule has 8 heteroatoms. The van der Waals surface area contributed by atoms with Crippen LogP contribution in [0.15, 0.2) is 59.4 Å². The lowest BCUT2D eigenvalue weighted by Crippen LogP contribution is -2.41. The summed E-state index contributed by atoms with van der Waals surface area (Å²) in [7, 11) is -1.52. The lowest BCUT2D eigenvalue weighted by Gasteiger charge is -2.23. The average Bonchev–Trinajstić information content (AvgIpc) is 3.08. The maximum Gasteiger partial charge on any atom is 0.267 e. The van der Waals surface area contributed by atoms with E-state index in [1.165, 1.54) is 11.0 Å². The number of carbonyl (C=O) groups is 1. The molecule has 0 aliphatic carbocycles. The van der Waals surface area contributed by atoms with Gasteiger partial charge in [0, 0.05) is 24.7 Å². The quantitative estimate of drug-likeness (QED) is 0.652. The summed E-state index contributed by atoms with van der Waals surface area (Å²) < 4.78 is 24.5. The van der Waals surface area contributed by atoms with Crippen LogP contribution >= 0.6 is 0 Å². The molecular weight excluding hydrogens is 390 g/mol. The van der Waals surface area contributed by atoms with Crippen molar-refractivity contribution in [1.29, 1.82) is 0 Å². The Kier molecular flexibility index (Phi) is 4.96. The van der Waals surface area contributed by atoms with E-state index in [0.717, 1.165) is 21.0 Å². The molecule has 150 valence electrons. The minimum Gasteiger partial charge on any atom is -0.340 e. The number of hydrogen-bond acceptors (Lipinski definition) is 5. The molecule has 4 rings (SSSR count). The van der Waals surface area contributed by atoms with Gasteiger partial charge in [-0.25, -0.2) is 13.1 Å². The molecule has 1 amide bonds. The van der Waals surface area contributed by atoms with Crippen molar-refractivity contribution < 1.29 is 13.2 Å². The summed E-state index contributed by atoms with van der Waals surface area (Å²) in [5.41, 5.74) is 1.06. The largest absolute Gasteiger partial charge is 0.340 e. The van der Waals surface area contributed by atoms with Crippen LogP contribution in [0, 0.1) is 0 Å². The third kappa shape index (κ3) is 4.07. The molecule has 7 nitrogen and oxygen atoms in total.